The quantitative estimate of drug-likeness (QED) is 0.774. The van der Waals surface area contributed by atoms with Crippen LogP contribution in [0.25, 0.3) is 0 Å². The van der Waals surface area contributed by atoms with Crippen molar-refractivity contribution in [2.24, 2.45) is 0 Å². The summed E-state index contributed by atoms with van der Waals surface area (Å²) in [4.78, 5) is 12.4. The number of carbonyl (C=O) groups excluding carboxylic acids is 1. The molecule has 1 aliphatic rings. The Morgan fingerprint density at radius 3 is 2.21 bits per heavy atom. The van der Waals surface area contributed by atoms with E-state index in [1.165, 1.54) is 0 Å². The molecule has 0 aromatic heterocycles. The van der Waals surface area contributed by atoms with Crippen LogP contribution < -0.4 is 5.32 Å². The zero-order chi connectivity index (χ0) is 20.5. The lowest BCUT2D eigenvalue weighted by molar-refractivity contribution is -0.137. The average molecular weight is 416 g/mol. The lowest BCUT2D eigenvalue weighted by atomic mass is 10.2. The standard InChI is InChI=1S/C18H16F4N2O3S/c19-13-5-9-15(10-6-13)28(26,27)24-11-1-2-16(24)17(25)23-14-7-3-12(4-8-14)18(20,21)22/h3-10,16H,1-2,11H2,(H,23,25)/t16-/m0/s1. The number of sulfonamides is 1. The van der Waals surface area contributed by atoms with Crippen molar-refractivity contribution in [1.29, 1.82) is 0 Å². The van der Waals surface area contributed by atoms with Gasteiger partial charge in [-0.3, -0.25) is 4.79 Å². The monoisotopic (exact) mass is 416 g/mol. The fraction of sp³-hybridized carbons (Fsp3) is 0.278. The molecule has 10 heteroatoms. The van der Waals surface area contributed by atoms with Gasteiger partial charge in [-0.2, -0.15) is 17.5 Å². The van der Waals surface area contributed by atoms with Crippen LogP contribution in [0.2, 0.25) is 0 Å². The van der Waals surface area contributed by atoms with Gasteiger partial charge in [-0.1, -0.05) is 0 Å². The molecule has 28 heavy (non-hydrogen) atoms. The van der Waals surface area contributed by atoms with Crippen molar-refractivity contribution in [3.63, 3.8) is 0 Å². The van der Waals surface area contributed by atoms with Crippen molar-refractivity contribution >= 4 is 21.6 Å². The summed E-state index contributed by atoms with van der Waals surface area (Å²) in [5.41, 5.74) is -0.726. The minimum absolute atomic E-state index is 0.116. The van der Waals surface area contributed by atoms with E-state index in [9.17, 15) is 30.8 Å². The Morgan fingerprint density at radius 1 is 1.04 bits per heavy atom. The summed E-state index contributed by atoms with van der Waals surface area (Å²) in [5, 5.41) is 2.45. The summed E-state index contributed by atoms with van der Waals surface area (Å²) >= 11 is 0. The van der Waals surface area contributed by atoms with Crippen LogP contribution in [0.15, 0.2) is 53.4 Å². The predicted molar refractivity (Wildman–Crippen MR) is 93.4 cm³/mol. The van der Waals surface area contributed by atoms with Crippen LogP contribution >= 0.6 is 0 Å². The van der Waals surface area contributed by atoms with Gasteiger partial charge in [-0.25, -0.2) is 12.8 Å². The molecule has 1 saturated heterocycles. The molecule has 1 amide bonds. The predicted octanol–water partition coefficient (Wildman–Crippen LogP) is 3.64. The number of benzene rings is 2. The van der Waals surface area contributed by atoms with Gasteiger partial charge in [-0.15, -0.1) is 0 Å². The number of amides is 1. The van der Waals surface area contributed by atoms with Gasteiger partial charge in [0.15, 0.2) is 0 Å². The van der Waals surface area contributed by atoms with Gasteiger partial charge in [0.2, 0.25) is 15.9 Å². The smallest absolute Gasteiger partial charge is 0.325 e. The third-order valence-corrected chi connectivity index (χ3v) is 6.33. The number of nitrogens with one attached hydrogen (secondary N) is 1. The summed E-state index contributed by atoms with van der Waals surface area (Å²) in [6, 6.07) is 7.14. The number of carbonyl (C=O) groups is 1. The van der Waals surface area contributed by atoms with Crippen molar-refractivity contribution in [3.8, 4) is 0 Å². The molecular formula is C18H16F4N2O3S. The number of alkyl halides is 3. The molecule has 0 aliphatic carbocycles. The third-order valence-electron chi connectivity index (χ3n) is 4.41. The van der Waals surface area contributed by atoms with Gasteiger partial charge in [0.25, 0.3) is 0 Å². The van der Waals surface area contributed by atoms with Crippen LogP contribution in [0.5, 0.6) is 0 Å². The summed E-state index contributed by atoms with van der Waals surface area (Å²) in [6.07, 6.45) is -3.77. The number of halogens is 4. The van der Waals surface area contributed by atoms with E-state index in [2.05, 4.69) is 5.32 Å². The zero-order valence-electron chi connectivity index (χ0n) is 14.4. The molecule has 0 unspecified atom stereocenters. The van der Waals surface area contributed by atoms with E-state index in [-0.39, 0.29) is 23.5 Å². The summed E-state index contributed by atoms with van der Waals surface area (Å²) < 4.78 is 77.5. The Labute approximate surface area is 159 Å². The maximum atomic E-state index is 13.1. The fourth-order valence-corrected chi connectivity index (χ4v) is 4.66. The summed E-state index contributed by atoms with van der Waals surface area (Å²) in [5.74, 6) is -1.22. The topological polar surface area (TPSA) is 66.5 Å². The Morgan fingerprint density at radius 2 is 1.64 bits per heavy atom. The molecule has 2 aromatic carbocycles. The van der Waals surface area contributed by atoms with Crippen LogP contribution in [0.1, 0.15) is 18.4 Å². The fourth-order valence-electron chi connectivity index (χ4n) is 3.00. The van der Waals surface area contributed by atoms with Crippen LogP contribution in [0.3, 0.4) is 0 Å². The van der Waals surface area contributed by atoms with Crippen molar-refractivity contribution in [2.75, 3.05) is 11.9 Å². The van der Waals surface area contributed by atoms with Gasteiger partial charge in [0, 0.05) is 12.2 Å². The molecule has 150 valence electrons. The first-order chi connectivity index (χ1) is 13.1. The molecule has 0 saturated carbocycles. The number of nitrogens with zero attached hydrogens (tertiary/aromatic N) is 1. The highest BCUT2D eigenvalue weighted by molar-refractivity contribution is 7.89. The Bertz CT molecular complexity index is 958. The SMILES string of the molecule is O=C(Nc1ccc(C(F)(F)F)cc1)[C@@H]1CCCN1S(=O)(=O)c1ccc(F)cc1. The summed E-state index contributed by atoms with van der Waals surface area (Å²) in [6.45, 7) is 0.116. The lowest BCUT2D eigenvalue weighted by Crippen LogP contribution is -2.43. The Hall–Kier alpha value is -2.46. The van der Waals surface area contributed by atoms with Gasteiger partial charge < -0.3 is 5.32 Å². The van der Waals surface area contributed by atoms with E-state index in [1.54, 1.807) is 0 Å². The first-order valence-corrected chi connectivity index (χ1v) is 9.78. The molecule has 0 spiro atoms. The molecule has 1 fully saturated rings. The highest BCUT2D eigenvalue weighted by Gasteiger charge is 2.39. The van der Waals surface area contributed by atoms with Crippen molar-refractivity contribution < 1.29 is 30.8 Å². The second-order valence-electron chi connectivity index (χ2n) is 6.29. The molecule has 2 aromatic rings. The molecular weight excluding hydrogens is 400 g/mol. The minimum atomic E-state index is -4.49. The highest BCUT2D eigenvalue weighted by Crippen LogP contribution is 2.30. The van der Waals surface area contributed by atoms with E-state index >= 15 is 0 Å². The molecule has 1 atom stereocenters. The van der Waals surface area contributed by atoms with Crippen molar-refractivity contribution in [3.05, 3.63) is 59.9 Å². The molecule has 1 heterocycles. The second-order valence-corrected chi connectivity index (χ2v) is 8.18. The number of anilines is 1. The third kappa shape index (κ3) is 4.17. The normalized spacial score (nSPS) is 18.2. The Kier molecular flexibility index (Phi) is 5.44. The summed E-state index contributed by atoms with van der Waals surface area (Å²) in [7, 11) is -4.01. The molecule has 5 nitrogen and oxygen atoms in total. The van der Waals surface area contributed by atoms with Crippen molar-refractivity contribution in [1.82, 2.24) is 4.31 Å². The van der Waals surface area contributed by atoms with E-state index in [4.69, 9.17) is 0 Å². The largest absolute Gasteiger partial charge is 0.416 e. The second kappa shape index (κ2) is 7.51. The number of hydrogen-bond acceptors (Lipinski definition) is 3. The van der Waals surface area contributed by atoms with E-state index in [1.807, 2.05) is 0 Å². The van der Waals surface area contributed by atoms with Crippen LogP contribution in [-0.2, 0) is 21.0 Å². The van der Waals surface area contributed by atoms with Gasteiger partial charge in [0.1, 0.15) is 11.9 Å². The number of hydrogen-bond donors (Lipinski definition) is 1. The zero-order valence-corrected chi connectivity index (χ0v) is 15.2. The van der Waals surface area contributed by atoms with Gasteiger partial charge in [-0.05, 0) is 61.4 Å². The van der Waals surface area contributed by atoms with Crippen molar-refractivity contribution in [2.45, 2.75) is 30.0 Å². The average Bonchev–Trinajstić information content (AvgIpc) is 3.12. The molecule has 1 aliphatic heterocycles. The van der Waals surface area contributed by atoms with E-state index in [0.717, 1.165) is 52.8 Å². The molecule has 0 radical (unpaired) electrons. The lowest BCUT2D eigenvalue weighted by Gasteiger charge is -2.23. The minimum Gasteiger partial charge on any atom is -0.325 e. The van der Waals surface area contributed by atoms with Gasteiger partial charge in [0.05, 0.1) is 10.5 Å². The van der Waals surface area contributed by atoms with E-state index in [0.29, 0.717) is 6.42 Å². The molecule has 1 N–H and O–H groups in total. The highest BCUT2D eigenvalue weighted by atomic mass is 32.2. The maximum Gasteiger partial charge on any atom is 0.416 e. The van der Waals surface area contributed by atoms with Crippen LogP contribution in [-0.4, -0.2) is 31.2 Å². The van der Waals surface area contributed by atoms with Gasteiger partial charge >= 0.3 is 6.18 Å². The maximum absolute atomic E-state index is 13.1. The first kappa shape index (κ1) is 20.3. The Balaban J connectivity index is 1.77. The van der Waals surface area contributed by atoms with Crippen LogP contribution in [0.4, 0.5) is 23.2 Å². The van der Waals surface area contributed by atoms with E-state index < -0.39 is 39.5 Å². The van der Waals surface area contributed by atoms with Crippen LogP contribution in [0, 0.1) is 5.82 Å². The molecule has 3 rings (SSSR count). The molecule has 0 bridgehead atoms. The first-order valence-electron chi connectivity index (χ1n) is 8.34. The number of rotatable bonds is 4.